The van der Waals surface area contributed by atoms with E-state index >= 15 is 0 Å². The number of nitrogen functional groups attached to an aromatic ring is 1. The predicted octanol–water partition coefficient (Wildman–Crippen LogP) is 2.34. The molecular weight excluding hydrogens is 340 g/mol. The predicted molar refractivity (Wildman–Crippen MR) is 93.7 cm³/mol. The summed E-state index contributed by atoms with van der Waals surface area (Å²) in [5.41, 5.74) is 3.56. The van der Waals surface area contributed by atoms with Crippen LogP contribution in [0, 0.1) is 0 Å². The second-order valence-electron chi connectivity index (χ2n) is 6.16. The fraction of sp³-hybridized carbons (Fsp3) is 0.278. The van der Waals surface area contributed by atoms with Gasteiger partial charge in [0.25, 0.3) is 5.56 Å². The van der Waals surface area contributed by atoms with Gasteiger partial charge in [-0.05, 0) is 43.4 Å². The summed E-state index contributed by atoms with van der Waals surface area (Å²) in [6.45, 7) is 0. The first-order chi connectivity index (χ1) is 12.4. The van der Waals surface area contributed by atoms with Crippen LogP contribution in [-0.2, 0) is 0 Å². The summed E-state index contributed by atoms with van der Waals surface area (Å²) in [4.78, 5) is 37.4. The van der Waals surface area contributed by atoms with Crippen LogP contribution >= 0.6 is 0 Å². The zero-order chi connectivity index (χ0) is 18.8. The highest BCUT2D eigenvalue weighted by Gasteiger charge is 2.27. The Kier molecular flexibility index (Phi) is 4.66. The molecule has 1 aromatic heterocycles. The van der Waals surface area contributed by atoms with Crippen molar-refractivity contribution in [2.45, 2.75) is 31.8 Å². The zero-order valence-corrected chi connectivity index (χ0v) is 13.8. The number of aromatic amines is 1. The van der Waals surface area contributed by atoms with Crippen molar-refractivity contribution in [1.82, 2.24) is 4.98 Å². The molecule has 1 fully saturated rings. The lowest BCUT2D eigenvalue weighted by Gasteiger charge is -2.16. The third-order valence-corrected chi connectivity index (χ3v) is 4.40. The zero-order valence-electron chi connectivity index (χ0n) is 13.8. The topological polar surface area (TPSA) is 143 Å². The Balaban J connectivity index is 2.17. The van der Waals surface area contributed by atoms with Crippen LogP contribution in [0.3, 0.4) is 0 Å². The summed E-state index contributed by atoms with van der Waals surface area (Å²) in [6.07, 6.45) is 4.11. The summed E-state index contributed by atoms with van der Waals surface area (Å²) in [5, 5.41) is 18.9. The number of ether oxygens (including phenoxy) is 1. The molecule has 8 heteroatoms. The van der Waals surface area contributed by atoms with Crippen LogP contribution in [0.15, 0.2) is 29.1 Å². The van der Waals surface area contributed by atoms with Crippen LogP contribution in [0.2, 0.25) is 0 Å². The second-order valence-corrected chi connectivity index (χ2v) is 6.16. The van der Waals surface area contributed by atoms with Gasteiger partial charge in [-0.2, -0.15) is 0 Å². The molecule has 0 atom stereocenters. The van der Waals surface area contributed by atoms with Gasteiger partial charge in [0.1, 0.15) is 22.7 Å². The van der Waals surface area contributed by atoms with E-state index in [0.717, 1.165) is 25.7 Å². The third kappa shape index (κ3) is 3.26. The summed E-state index contributed by atoms with van der Waals surface area (Å²) < 4.78 is 5.89. The molecular formula is C18H18N2O6. The molecule has 0 aliphatic heterocycles. The number of H-pyrrole nitrogens is 1. The largest absolute Gasteiger partial charge is 0.490 e. The Morgan fingerprint density at radius 1 is 1.12 bits per heavy atom. The number of carboxylic acids is 2. The van der Waals surface area contributed by atoms with Crippen molar-refractivity contribution < 1.29 is 24.5 Å². The number of rotatable bonds is 5. The van der Waals surface area contributed by atoms with E-state index in [9.17, 15) is 24.6 Å². The van der Waals surface area contributed by atoms with Crippen molar-refractivity contribution in [3.05, 3.63) is 45.7 Å². The monoisotopic (exact) mass is 358 g/mol. The van der Waals surface area contributed by atoms with Gasteiger partial charge >= 0.3 is 11.9 Å². The maximum absolute atomic E-state index is 12.1. The van der Waals surface area contributed by atoms with Gasteiger partial charge in [0.15, 0.2) is 0 Å². The highest BCUT2D eigenvalue weighted by atomic mass is 16.5. The standard InChI is InChI=1S/C18H18N2O6/c19-15-13(17(22)23)12(14(18(24)25)16(21)20-15)9-4-3-7-11(8-9)26-10-5-1-2-6-10/h3-4,7-8,10H,1-2,5-6H2,(H,22,23)(H,24,25)(H3,19,20,21). The number of aromatic nitrogens is 1. The normalized spacial score (nSPS) is 14.3. The van der Waals surface area contributed by atoms with Crippen molar-refractivity contribution in [2.75, 3.05) is 5.73 Å². The van der Waals surface area contributed by atoms with Gasteiger partial charge in [0, 0.05) is 5.56 Å². The van der Waals surface area contributed by atoms with E-state index in [1.165, 1.54) is 12.1 Å². The molecule has 2 aromatic rings. The minimum absolute atomic E-state index is 0.0763. The van der Waals surface area contributed by atoms with Crippen molar-refractivity contribution in [2.24, 2.45) is 0 Å². The van der Waals surface area contributed by atoms with Crippen molar-refractivity contribution in [3.63, 3.8) is 0 Å². The Hall–Kier alpha value is -3.29. The van der Waals surface area contributed by atoms with E-state index in [4.69, 9.17) is 10.5 Å². The third-order valence-electron chi connectivity index (χ3n) is 4.40. The number of carboxylic acid groups (broad SMARTS) is 2. The molecule has 1 saturated carbocycles. The molecule has 1 aliphatic rings. The van der Waals surface area contributed by atoms with Gasteiger partial charge in [-0.15, -0.1) is 0 Å². The first-order valence-corrected chi connectivity index (χ1v) is 8.18. The van der Waals surface area contributed by atoms with Gasteiger partial charge in [0.2, 0.25) is 0 Å². The molecule has 8 nitrogen and oxygen atoms in total. The van der Waals surface area contributed by atoms with Crippen molar-refractivity contribution >= 4 is 17.8 Å². The SMILES string of the molecule is Nc1[nH]c(=O)c(C(=O)O)c(-c2cccc(OC3CCCC3)c2)c1C(=O)O. The van der Waals surface area contributed by atoms with Crippen molar-refractivity contribution in [3.8, 4) is 16.9 Å². The first-order valence-electron chi connectivity index (χ1n) is 8.18. The number of hydrogen-bond acceptors (Lipinski definition) is 5. The van der Waals surface area contributed by atoms with Crippen LogP contribution in [0.5, 0.6) is 5.75 Å². The summed E-state index contributed by atoms with van der Waals surface area (Å²) in [5.74, 6) is -2.88. The van der Waals surface area contributed by atoms with E-state index in [0.29, 0.717) is 5.75 Å². The summed E-state index contributed by atoms with van der Waals surface area (Å²) in [6, 6.07) is 6.38. The Labute approximate surface area is 148 Å². The van der Waals surface area contributed by atoms with Crippen LogP contribution in [0.1, 0.15) is 46.4 Å². The fourth-order valence-corrected chi connectivity index (χ4v) is 3.26. The molecule has 0 bridgehead atoms. The van der Waals surface area contributed by atoms with Gasteiger partial charge in [-0.3, -0.25) is 4.79 Å². The van der Waals surface area contributed by atoms with E-state index in [1.54, 1.807) is 12.1 Å². The maximum Gasteiger partial charge on any atom is 0.342 e. The molecule has 0 spiro atoms. The Morgan fingerprint density at radius 3 is 2.38 bits per heavy atom. The molecule has 1 heterocycles. The molecule has 1 aliphatic carbocycles. The van der Waals surface area contributed by atoms with Gasteiger partial charge in [0.05, 0.1) is 6.10 Å². The van der Waals surface area contributed by atoms with Crippen LogP contribution in [-0.4, -0.2) is 33.2 Å². The van der Waals surface area contributed by atoms with Crippen molar-refractivity contribution in [1.29, 1.82) is 0 Å². The maximum atomic E-state index is 12.1. The fourth-order valence-electron chi connectivity index (χ4n) is 3.26. The Morgan fingerprint density at radius 2 is 1.77 bits per heavy atom. The number of nitrogens with one attached hydrogen (secondary N) is 1. The number of benzene rings is 1. The van der Waals surface area contributed by atoms with Gasteiger partial charge in [-0.25, -0.2) is 9.59 Å². The van der Waals surface area contributed by atoms with Gasteiger partial charge < -0.3 is 25.7 Å². The number of pyridine rings is 1. The number of anilines is 1. The van der Waals surface area contributed by atoms with E-state index in [1.807, 2.05) is 0 Å². The molecule has 1 aromatic carbocycles. The lowest BCUT2D eigenvalue weighted by molar-refractivity contribution is 0.0695. The average Bonchev–Trinajstić information content (AvgIpc) is 3.06. The lowest BCUT2D eigenvalue weighted by atomic mass is 9.95. The molecule has 0 unspecified atom stereocenters. The van der Waals surface area contributed by atoms with Crippen LogP contribution in [0.4, 0.5) is 5.82 Å². The van der Waals surface area contributed by atoms with Gasteiger partial charge in [-0.1, -0.05) is 12.1 Å². The lowest BCUT2D eigenvalue weighted by Crippen LogP contribution is -2.24. The van der Waals surface area contributed by atoms with Crippen LogP contribution < -0.4 is 16.0 Å². The Bertz CT molecular complexity index is 928. The average molecular weight is 358 g/mol. The number of nitrogens with two attached hydrogens (primary N) is 1. The highest BCUT2D eigenvalue weighted by Crippen LogP contribution is 2.32. The van der Waals surface area contributed by atoms with E-state index in [-0.39, 0.29) is 17.2 Å². The molecule has 0 saturated heterocycles. The molecule has 3 rings (SSSR count). The molecule has 0 radical (unpaired) electrons. The molecule has 26 heavy (non-hydrogen) atoms. The minimum Gasteiger partial charge on any atom is -0.490 e. The summed E-state index contributed by atoms with van der Waals surface area (Å²) >= 11 is 0. The smallest absolute Gasteiger partial charge is 0.342 e. The first kappa shape index (κ1) is 17.5. The minimum atomic E-state index is -1.54. The second kappa shape index (κ2) is 6.91. The highest BCUT2D eigenvalue weighted by molar-refractivity contribution is 6.07. The van der Waals surface area contributed by atoms with E-state index in [2.05, 4.69) is 4.98 Å². The molecule has 5 N–H and O–H groups in total. The van der Waals surface area contributed by atoms with Crippen LogP contribution in [0.25, 0.3) is 11.1 Å². The number of aromatic carboxylic acids is 2. The molecule has 136 valence electrons. The summed E-state index contributed by atoms with van der Waals surface area (Å²) in [7, 11) is 0. The molecule has 0 amide bonds. The number of hydrogen-bond donors (Lipinski definition) is 4. The van der Waals surface area contributed by atoms with E-state index < -0.39 is 34.4 Å². The quantitative estimate of drug-likeness (QED) is 0.642. The number of carbonyl (C=O) groups is 2.